The quantitative estimate of drug-likeness (QED) is 0.466. The Kier molecular flexibility index (Phi) is 3.14. The molecule has 0 spiro atoms. The molecule has 0 N–H and O–H groups in total. The van der Waals surface area contributed by atoms with Gasteiger partial charge in [-0.2, -0.15) is 0 Å². The summed E-state index contributed by atoms with van der Waals surface area (Å²) in [4.78, 5) is 0. The van der Waals surface area contributed by atoms with Crippen molar-refractivity contribution in [2.45, 2.75) is 20.8 Å². The largest absolute Gasteiger partial charge is 0.400 e. The number of hydrogen-bond acceptors (Lipinski definition) is 0. The zero-order chi connectivity index (χ0) is 6.62. The number of nitrogens with zero attached hydrogens (tertiary/aromatic N) is 1. The maximum atomic E-state index is 2.29. The molecule has 0 rings (SSSR count). The molecule has 0 aliphatic rings. The molecule has 1 nitrogen and oxygen atoms in total. The molecule has 0 unspecified atom stereocenters. The van der Waals surface area contributed by atoms with Gasteiger partial charge in [-0.3, -0.25) is 0 Å². The number of rotatable bonds is 3. The van der Waals surface area contributed by atoms with Gasteiger partial charge < -0.3 is 4.39 Å². The molecule has 0 aromatic carbocycles. The first-order chi connectivity index (χ1) is 3.68. The summed E-state index contributed by atoms with van der Waals surface area (Å²) < 4.78 is 1.21. The van der Waals surface area contributed by atoms with Gasteiger partial charge in [-0.05, 0) is 20.8 Å². The summed E-state index contributed by atoms with van der Waals surface area (Å²) in [6.07, 6.45) is 0. The van der Waals surface area contributed by atoms with Crippen LogP contribution in [0.5, 0.6) is 0 Å². The molecule has 0 aliphatic heterocycles. The van der Waals surface area contributed by atoms with Gasteiger partial charge in [0, 0.05) is 0 Å². The third-order valence-electron chi connectivity index (χ3n) is 2.29. The maximum absolute atomic E-state index is 2.29. The summed E-state index contributed by atoms with van der Waals surface area (Å²) in [7, 11) is 2.29. The lowest BCUT2D eigenvalue weighted by Crippen LogP contribution is -2.44. The van der Waals surface area contributed by atoms with Crippen LogP contribution in [0.1, 0.15) is 20.8 Å². The fraction of sp³-hybridized carbons (Fsp3) is 1.00. The van der Waals surface area contributed by atoms with Crippen molar-refractivity contribution in [1.82, 2.24) is 0 Å². The summed E-state index contributed by atoms with van der Waals surface area (Å²) >= 11 is 0. The molecule has 0 heterocycles. The van der Waals surface area contributed by atoms with Crippen molar-refractivity contribution in [2.24, 2.45) is 0 Å². The second-order valence-electron chi connectivity index (χ2n) is 2.57. The molecule has 0 amide bonds. The summed E-state index contributed by atoms with van der Waals surface area (Å²) in [5, 5.41) is 0. The van der Waals surface area contributed by atoms with Gasteiger partial charge in [-0.1, -0.05) is 0 Å². The standard InChI is InChI=1S/C6H17BN/c1-4-8(7,5-2)6-3/h4-7H2,1-3H3/q+1. The lowest BCUT2D eigenvalue weighted by Gasteiger charge is -2.32. The molecule has 48 valence electrons. The van der Waals surface area contributed by atoms with Crippen molar-refractivity contribution in [2.75, 3.05) is 19.6 Å². The fourth-order valence-corrected chi connectivity index (χ4v) is 0.671. The van der Waals surface area contributed by atoms with Gasteiger partial charge in [0.2, 0.25) is 0 Å². The monoisotopic (exact) mass is 114 g/mol. The fourth-order valence-electron chi connectivity index (χ4n) is 0.671. The third kappa shape index (κ3) is 1.87. The first-order valence-corrected chi connectivity index (χ1v) is 3.52. The van der Waals surface area contributed by atoms with E-state index in [2.05, 4.69) is 28.8 Å². The van der Waals surface area contributed by atoms with Crippen molar-refractivity contribution >= 4 is 7.98 Å². The minimum Gasteiger partial charge on any atom is -0.400 e. The molecular weight excluding hydrogens is 96.9 g/mol. The van der Waals surface area contributed by atoms with E-state index in [1.165, 1.54) is 24.0 Å². The number of quaternary nitrogens is 1. The molecule has 0 bridgehead atoms. The highest BCUT2D eigenvalue weighted by atomic mass is 15.3. The molecule has 8 heavy (non-hydrogen) atoms. The minimum atomic E-state index is 1.21. The first kappa shape index (κ1) is 8.02. The average Bonchev–Trinajstić information content (AvgIpc) is 1.87. The van der Waals surface area contributed by atoms with E-state index in [4.69, 9.17) is 0 Å². The summed E-state index contributed by atoms with van der Waals surface area (Å²) in [6.45, 7) is 10.5. The molecule has 0 atom stereocenters. The Hall–Kier alpha value is 0.0249. The second kappa shape index (κ2) is 3.13. The summed E-state index contributed by atoms with van der Waals surface area (Å²) in [5.41, 5.74) is 0. The molecule has 0 saturated heterocycles. The zero-order valence-corrected chi connectivity index (χ0v) is 6.57. The van der Waals surface area contributed by atoms with Gasteiger partial charge in [0.15, 0.2) is 0 Å². The Morgan fingerprint density at radius 3 is 1.25 bits per heavy atom. The normalized spacial score (nSPS) is 11.9. The molecule has 2 heteroatoms. The topological polar surface area (TPSA) is 0 Å². The first-order valence-electron chi connectivity index (χ1n) is 3.52. The molecule has 0 radical (unpaired) electrons. The predicted octanol–water partition coefficient (Wildman–Crippen LogP) is 0.411. The Bertz CT molecular complexity index is 51.3. The van der Waals surface area contributed by atoms with Crippen LogP contribution in [0, 0.1) is 0 Å². The average molecular weight is 114 g/mol. The number of hydrogen-bond donors (Lipinski definition) is 0. The molecule has 0 saturated carbocycles. The van der Waals surface area contributed by atoms with Gasteiger partial charge in [0.1, 0.15) is 0 Å². The van der Waals surface area contributed by atoms with Crippen LogP contribution in [-0.2, 0) is 0 Å². The van der Waals surface area contributed by atoms with Crippen LogP contribution < -0.4 is 0 Å². The van der Waals surface area contributed by atoms with Crippen LogP contribution in [0.25, 0.3) is 0 Å². The second-order valence-corrected chi connectivity index (χ2v) is 2.57. The lowest BCUT2D eigenvalue weighted by molar-refractivity contribution is -0.811. The van der Waals surface area contributed by atoms with Crippen molar-refractivity contribution < 1.29 is 4.39 Å². The van der Waals surface area contributed by atoms with Crippen LogP contribution in [0.2, 0.25) is 0 Å². The van der Waals surface area contributed by atoms with Crippen LogP contribution in [0.15, 0.2) is 0 Å². The highest BCUT2D eigenvalue weighted by molar-refractivity contribution is 5.97. The Morgan fingerprint density at radius 1 is 1.00 bits per heavy atom. The van der Waals surface area contributed by atoms with E-state index in [0.29, 0.717) is 0 Å². The van der Waals surface area contributed by atoms with E-state index in [-0.39, 0.29) is 0 Å². The van der Waals surface area contributed by atoms with E-state index in [1.54, 1.807) is 0 Å². The van der Waals surface area contributed by atoms with Gasteiger partial charge in [-0.15, -0.1) is 0 Å². The lowest BCUT2D eigenvalue weighted by atomic mass is 10.2. The van der Waals surface area contributed by atoms with E-state index >= 15 is 0 Å². The third-order valence-corrected chi connectivity index (χ3v) is 2.29. The molecule has 0 fully saturated rings. The van der Waals surface area contributed by atoms with Crippen molar-refractivity contribution in [1.29, 1.82) is 0 Å². The van der Waals surface area contributed by atoms with Crippen LogP contribution in [0.3, 0.4) is 0 Å². The molecule has 0 aromatic rings. The predicted molar refractivity (Wildman–Crippen MR) is 40.4 cm³/mol. The van der Waals surface area contributed by atoms with Gasteiger partial charge in [0.25, 0.3) is 0 Å². The van der Waals surface area contributed by atoms with Crippen LogP contribution in [0.4, 0.5) is 0 Å². The Balaban J connectivity index is 3.58. The minimum absolute atomic E-state index is 1.21. The van der Waals surface area contributed by atoms with Gasteiger partial charge in [0.05, 0.1) is 19.6 Å². The zero-order valence-electron chi connectivity index (χ0n) is 6.57. The highest BCUT2D eigenvalue weighted by Crippen LogP contribution is 1.96. The molecular formula is C6H17BN+. The van der Waals surface area contributed by atoms with Crippen molar-refractivity contribution in [3.63, 3.8) is 0 Å². The van der Waals surface area contributed by atoms with Crippen LogP contribution in [-0.4, -0.2) is 32.0 Å². The maximum Gasteiger partial charge on any atom is 0.372 e. The Labute approximate surface area is 53.7 Å². The van der Waals surface area contributed by atoms with E-state index in [9.17, 15) is 0 Å². The molecule has 0 aromatic heterocycles. The summed E-state index contributed by atoms with van der Waals surface area (Å²) in [6, 6.07) is 0. The van der Waals surface area contributed by atoms with Gasteiger partial charge >= 0.3 is 7.98 Å². The SMILES string of the molecule is B[N+](CC)(CC)CC. The highest BCUT2D eigenvalue weighted by Gasteiger charge is 2.10. The van der Waals surface area contributed by atoms with Crippen molar-refractivity contribution in [3.8, 4) is 0 Å². The van der Waals surface area contributed by atoms with E-state index in [1.807, 2.05) is 0 Å². The summed E-state index contributed by atoms with van der Waals surface area (Å²) in [5.74, 6) is 0. The smallest absolute Gasteiger partial charge is 0.372 e. The Morgan fingerprint density at radius 2 is 1.25 bits per heavy atom. The van der Waals surface area contributed by atoms with E-state index < -0.39 is 0 Å². The van der Waals surface area contributed by atoms with E-state index in [0.717, 1.165) is 0 Å². The molecule has 0 aliphatic carbocycles. The van der Waals surface area contributed by atoms with Crippen molar-refractivity contribution in [3.05, 3.63) is 0 Å². The van der Waals surface area contributed by atoms with Gasteiger partial charge in [-0.25, -0.2) is 0 Å². The van der Waals surface area contributed by atoms with Crippen LogP contribution >= 0.6 is 0 Å².